The SMILES string of the molecule is CCn1c(CNC(=O)CCc2ccc(S(=O)(=O)N3CCCC3)cc2)n[nH]c1=S. The van der Waals surface area contributed by atoms with E-state index in [-0.39, 0.29) is 5.91 Å². The number of carbonyl (C=O) groups is 1. The lowest BCUT2D eigenvalue weighted by Crippen LogP contribution is -2.27. The van der Waals surface area contributed by atoms with Gasteiger partial charge in [0.1, 0.15) is 0 Å². The summed E-state index contributed by atoms with van der Waals surface area (Å²) >= 11 is 5.12. The lowest BCUT2D eigenvalue weighted by molar-refractivity contribution is -0.121. The third-order valence-corrected chi connectivity index (χ3v) is 7.09. The number of aromatic nitrogens is 3. The summed E-state index contributed by atoms with van der Waals surface area (Å²) in [7, 11) is -3.40. The van der Waals surface area contributed by atoms with Crippen molar-refractivity contribution in [1.29, 1.82) is 0 Å². The number of hydrogen-bond acceptors (Lipinski definition) is 5. The lowest BCUT2D eigenvalue weighted by Gasteiger charge is -2.15. The van der Waals surface area contributed by atoms with Crippen LogP contribution in [-0.4, -0.2) is 46.5 Å². The van der Waals surface area contributed by atoms with Crippen molar-refractivity contribution < 1.29 is 13.2 Å². The molecular weight excluding hydrogens is 398 g/mol. The summed E-state index contributed by atoms with van der Waals surface area (Å²) < 4.78 is 29.0. The molecule has 1 saturated heterocycles. The second-order valence-electron chi connectivity index (χ2n) is 6.72. The van der Waals surface area contributed by atoms with Crippen molar-refractivity contribution in [3.63, 3.8) is 0 Å². The Morgan fingerprint density at radius 3 is 2.57 bits per heavy atom. The van der Waals surface area contributed by atoms with Gasteiger partial charge in [0.2, 0.25) is 15.9 Å². The molecule has 1 aromatic heterocycles. The van der Waals surface area contributed by atoms with E-state index in [1.165, 1.54) is 4.31 Å². The van der Waals surface area contributed by atoms with E-state index in [4.69, 9.17) is 12.2 Å². The Balaban J connectivity index is 1.51. The largest absolute Gasteiger partial charge is 0.349 e. The van der Waals surface area contributed by atoms with Gasteiger partial charge in [0.05, 0.1) is 11.4 Å². The van der Waals surface area contributed by atoms with Crippen molar-refractivity contribution in [2.75, 3.05) is 13.1 Å². The van der Waals surface area contributed by atoms with Gasteiger partial charge in [-0.05, 0) is 56.1 Å². The molecule has 0 bridgehead atoms. The van der Waals surface area contributed by atoms with E-state index in [1.807, 2.05) is 11.5 Å². The highest BCUT2D eigenvalue weighted by Crippen LogP contribution is 2.21. The van der Waals surface area contributed by atoms with Gasteiger partial charge in [0, 0.05) is 26.1 Å². The molecule has 152 valence electrons. The van der Waals surface area contributed by atoms with Crippen LogP contribution in [0.5, 0.6) is 0 Å². The number of aromatic amines is 1. The van der Waals surface area contributed by atoms with Crippen LogP contribution in [0.2, 0.25) is 0 Å². The molecule has 0 atom stereocenters. The van der Waals surface area contributed by atoms with Gasteiger partial charge in [-0.3, -0.25) is 9.89 Å². The zero-order chi connectivity index (χ0) is 20.1. The number of benzene rings is 1. The molecule has 2 heterocycles. The summed E-state index contributed by atoms with van der Waals surface area (Å²) in [6, 6.07) is 6.80. The third kappa shape index (κ3) is 4.68. The summed E-state index contributed by atoms with van der Waals surface area (Å²) in [5, 5.41) is 9.67. The first-order valence-corrected chi connectivity index (χ1v) is 11.3. The average Bonchev–Trinajstić information content (AvgIpc) is 3.35. The summed E-state index contributed by atoms with van der Waals surface area (Å²) in [4.78, 5) is 12.4. The first-order valence-electron chi connectivity index (χ1n) is 9.41. The van der Waals surface area contributed by atoms with Crippen LogP contribution in [0.25, 0.3) is 0 Å². The second-order valence-corrected chi connectivity index (χ2v) is 9.05. The standard InChI is InChI=1S/C18H25N5O3S2/c1-2-23-16(20-21-18(23)27)13-19-17(24)10-7-14-5-8-15(9-6-14)28(25,26)22-11-3-4-12-22/h5-6,8-9H,2-4,7,10-13H2,1H3,(H,19,24)(H,21,27). The predicted octanol–water partition coefficient (Wildman–Crippen LogP) is 1.99. The smallest absolute Gasteiger partial charge is 0.243 e. The summed E-state index contributed by atoms with van der Waals surface area (Å²) in [5.41, 5.74) is 0.923. The van der Waals surface area contributed by atoms with Crippen molar-refractivity contribution in [2.45, 2.75) is 50.6 Å². The normalized spacial score (nSPS) is 15.0. The Morgan fingerprint density at radius 1 is 1.25 bits per heavy atom. The zero-order valence-corrected chi connectivity index (χ0v) is 17.5. The molecule has 0 spiro atoms. The highest BCUT2D eigenvalue weighted by atomic mass is 32.2. The lowest BCUT2D eigenvalue weighted by atomic mass is 10.1. The van der Waals surface area contributed by atoms with Crippen LogP contribution >= 0.6 is 12.2 Å². The van der Waals surface area contributed by atoms with Crippen LogP contribution in [0, 0.1) is 4.77 Å². The molecule has 0 unspecified atom stereocenters. The van der Waals surface area contributed by atoms with Crippen molar-refractivity contribution in [1.82, 2.24) is 24.4 Å². The van der Waals surface area contributed by atoms with Gasteiger partial charge >= 0.3 is 0 Å². The van der Waals surface area contributed by atoms with Gasteiger partial charge in [-0.2, -0.15) is 9.40 Å². The van der Waals surface area contributed by atoms with Crippen molar-refractivity contribution in [3.8, 4) is 0 Å². The fourth-order valence-corrected chi connectivity index (χ4v) is 5.04. The number of carbonyl (C=O) groups excluding carboxylic acids is 1. The summed E-state index contributed by atoms with van der Waals surface area (Å²) in [6.45, 7) is 4.14. The molecule has 3 rings (SSSR count). The number of amides is 1. The Bertz CT molecular complexity index is 973. The van der Waals surface area contributed by atoms with E-state index in [2.05, 4.69) is 15.5 Å². The van der Waals surface area contributed by atoms with E-state index >= 15 is 0 Å². The maximum absolute atomic E-state index is 12.5. The molecule has 1 aliphatic heterocycles. The topological polar surface area (TPSA) is 100 Å². The van der Waals surface area contributed by atoms with E-state index in [1.54, 1.807) is 24.3 Å². The van der Waals surface area contributed by atoms with E-state index < -0.39 is 10.0 Å². The third-order valence-electron chi connectivity index (χ3n) is 4.86. The molecule has 1 aromatic carbocycles. The Labute approximate surface area is 170 Å². The van der Waals surface area contributed by atoms with Gasteiger partial charge in [-0.1, -0.05) is 12.1 Å². The first-order chi connectivity index (χ1) is 13.4. The highest BCUT2D eigenvalue weighted by molar-refractivity contribution is 7.89. The molecule has 1 amide bonds. The Morgan fingerprint density at radius 2 is 1.93 bits per heavy atom. The highest BCUT2D eigenvalue weighted by Gasteiger charge is 2.26. The van der Waals surface area contributed by atoms with Gasteiger partial charge < -0.3 is 9.88 Å². The van der Waals surface area contributed by atoms with Gasteiger partial charge in [-0.25, -0.2) is 8.42 Å². The molecule has 0 radical (unpaired) electrons. The minimum Gasteiger partial charge on any atom is -0.349 e. The van der Waals surface area contributed by atoms with Gasteiger partial charge in [0.15, 0.2) is 10.6 Å². The van der Waals surface area contributed by atoms with Crippen molar-refractivity contribution in [3.05, 3.63) is 40.4 Å². The molecule has 1 fully saturated rings. The number of aryl methyl sites for hydroxylation is 1. The average molecular weight is 424 g/mol. The minimum absolute atomic E-state index is 0.0923. The molecular formula is C18H25N5O3S2. The van der Waals surface area contributed by atoms with E-state index in [0.29, 0.717) is 54.5 Å². The number of H-pyrrole nitrogens is 1. The molecule has 2 aromatic rings. The first kappa shape index (κ1) is 20.7. The maximum atomic E-state index is 12.5. The zero-order valence-electron chi connectivity index (χ0n) is 15.8. The fourth-order valence-electron chi connectivity index (χ4n) is 3.24. The Kier molecular flexibility index (Phi) is 6.63. The monoisotopic (exact) mass is 423 g/mol. The minimum atomic E-state index is -3.40. The van der Waals surface area contributed by atoms with Crippen LogP contribution in [0.1, 0.15) is 37.6 Å². The quantitative estimate of drug-likeness (QED) is 0.633. The second kappa shape index (κ2) is 8.97. The molecule has 0 saturated carbocycles. The number of nitrogens with one attached hydrogen (secondary N) is 2. The van der Waals surface area contributed by atoms with E-state index in [9.17, 15) is 13.2 Å². The molecule has 10 heteroatoms. The van der Waals surface area contributed by atoms with Crippen LogP contribution in [-0.2, 0) is 34.3 Å². The van der Waals surface area contributed by atoms with Gasteiger partial charge in [0.25, 0.3) is 0 Å². The number of nitrogens with zero attached hydrogens (tertiary/aromatic N) is 3. The number of rotatable bonds is 8. The summed E-state index contributed by atoms with van der Waals surface area (Å²) in [5.74, 6) is 0.600. The fraction of sp³-hybridized carbons (Fsp3) is 0.500. The van der Waals surface area contributed by atoms with Crippen molar-refractivity contribution >= 4 is 28.1 Å². The maximum Gasteiger partial charge on any atom is 0.243 e. The molecule has 28 heavy (non-hydrogen) atoms. The Hall–Kier alpha value is -2.04. The van der Waals surface area contributed by atoms with Crippen LogP contribution in [0.4, 0.5) is 0 Å². The molecule has 2 N–H and O–H groups in total. The molecule has 8 nitrogen and oxygen atoms in total. The van der Waals surface area contributed by atoms with E-state index in [0.717, 1.165) is 18.4 Å². The van der Waals surface area contributed by atoms with Gasteiger partial charge in [-0.15, -0.1) is 0 Å². The van der Waals surface area contributed by atoms with Crippen LogP contribution in [0.3, 0.4) is 0 Å². The number of sulfonamides is 1. The van der Waals surface area contributed by atoms with Crippen molar-refractivity contribution in [2.24, 2.45) is 0 Å². The van der Waals surface area contributed by atoms with Crippen LogP contribution in [0.15, 0.2) is 29.2 Å². The number of hydrogen-bond donors (Lipinski definition) is 2. The molecule has 1 aliphatic rings. The van der Waals surface area contributed by atoms with Crippen LogP contribution < -0.4 is 5.32 Å². The predicted molar refractivity (Wildman–Crippen MR) is 108 cm³/mol. The molecule has 0 aliphatic carbocycles. The summed E-state index contributed by atoms with van der Waals surface area (Å²) in [6.07, 6.45) is 2.68.